The van der Waals surface area contributed by atoms with Gasteiger partial charge in [0.05, 0.1) is 32.4 Å². The van der Waals surface area contributed by atoms with Crippen LogP contribution in [-0.4, -0.2) is 20.3 Å². The summed E-state index contributed by atoms with van der Waals surface area (Å²) < 4.78 is 26.1. The van der Waals surface area contributed by atoms with Crippen LogP contribution in [0.4, 0.5) is 0 Å². The van der Waals surface area contributed by atoms with E-state index in [1.165, 1.54) is 19.2 Å². The Labute approximate surface area is 73.0 Å². The summed E-state index contributed by atoms with van der Waals surface area (Å²) in [6.07, 6.45) is 1.30. The molecule has 4 nitrogen and oxygen atoms in total. The van der Waals surface area contributed by atoms with Gasteiger partial charge in [-0.2, -0.15) is 0 Å². The van der Waals surface area contributed by atoms with Gasteiger partial charge >= 0.3 is 7.60 Å². The van der Waals surface area contributed by atoms with Gasteiger partial charge in [0, 0.05) is 0 Å². The summed E-state index contributed by atoms with van der Waals surface area (Å²) in [5.74, 6) is 1.31. The van der Waals surface area contributed by atoms with Gasteiger partial charge in [0.25, 0.3) is 0 Å². The molecule has 12 heavy (non-hydrogen) atoms. The van der Waals surface area contributed by atoms with Crippen LogP contribution in [0.15, 0.2) is 12.1 Å². The van der Waals surface area contributed by atoms with Gasteiger partial charge in [0.15, 0.2) is 0 Å². The fraction of sp³-hybridized carbons (Fsp3) is 0.714. The van der Waals surface area contributed by atoms with E-state index in [0.717, 1.165) is 0 Å². The number of methoxy groups -OCH3 is 1. The van der Waals surface area contributed by atoms with E-state index in [1.807, 2.05) is 0 Å². The maximum absolute atomic E-state index is 11.6. The van der Waals surface area contributed by atoms with Crippen molar-refractivity contribution in [3.63, 3.8) is 0 Å². The lowest BCUT2D eigenvalue weighted by Crippen LogP contribution is -1.92. The first-order chi connectivity index (χ1) is 5.68. The van der Waals surface area contributed by atoms with Crippen LogP contribution in [0.3, 0.4) is 0 Å². The predicted molar refractivity (Wildman–Crippen MR) is 47.0 cm³/mol. The van der Waals surface area contributed by atoms with Gasteiger partial charge in [-0.3, -0.25) is 4.57 Å². The molecule has 0 aliphatic heterocycles. The van der Waals surface area contributed by atoms with Gasteiger partial charge in [-0.15, -0.1) is 0 Å². The molecule has 0 heterocycles. The quantitative estimate of drug-likeness (QED) is 0.481. The molecule has 0 spiro atoms. The number of ether oxygens (including phenoxy) is 1. The Morgan fingerprint density at radius 2 is 1.75 bits per heavy atom. The van der Waals surface area contributed by atoms with Gasteiger partial charge < -0.3 is 13.8 Å². The second-order valence-electron chi connectivity index (χ2n) is 1.90. The Morgan fingerprint density at radius 1 is 1.25 bits per heavy atom. The third-order valence-corrected chi connectivity index (χ3v) is 2.72. The van der Waals surface area contributed by atoms with Crippen molar-refractivity contribution in [2.45, 2.75) is 13.8 Å². The molecule has 0 rings (SSSR count). The summed E-state index contributed by atoms with van der Waals surface area (Å²) in [5.41, 5.74) is 0. The maximum atomic E-state index is 11.6. The van der Waals surface area contributed by atoms with E-state index < -0.39 is 7.60 Å². The van der Waals surface area contributed by atoms with Crippen molar-refractivity contribution in [3.8, 4) is 0 Å². The summed E-state index contributed by atoms with van der Waals surface area (Å²) in [4.78, 5) is 0. The van der Waals surface area contributed by atoms with Crippen LogP contribution in [0, 0.1) is 0 Å². The average Bonchev–Trinajstić information content (AvgIpc) is 2.02. The van der Waals surface area contributed by atoms with Gasteiger partial charge in [-0.05, 0) is 13.8 Å². The maximum Gasteiger partial charge on any atom is 0.357 e. The standard InChI is InChI=1S/C7H15O4P/c1-4-10-12(8,11-5-2)7-6-9-3/h6-7H,4-5H2,1-3H3/b7-6-. The molecule has 0 amide bonds. The smallest absolute Gasteiger partial charge is 0.357 e. The Bertz CT molecular complexity index is 168. The van der Waals surface area contributed by atoms with E-state index in [9.17, 15) is 4.57 Å². The average molecular weight is 194 g/mol. The summed E-state index contributed by atoms with van der Waals surface area (Å²) in [6.45, 7) is 4.22. The van der Waals surface area contributed by atoms with E-state index in [1.54, 1.807) is 13.8 Å². The lowest BCUT2D eigenvalue weighted by atomic mass is 10.9. The third-order valence-electron chi connectivity index (χ3n) is 0.998. The van der Waals surface area contributed by atoms with Gasteiger partial charge in [-0.25, -0.2) is 0 Å². The lowest BCUT2D eigenvalue weighted by Gasteiger charge is -2.11. The van der Waals surface area contributed by atoms with Crippen molar-refractivity contribution in [1.82, 2.24) is 0 Å². The van der Waals surface area contributed by atoms with E-state index in [-0.39, 0.29) is 0 Å². The molecule has 0 radical (unpaired) electrons. The molecule has 0 saturated carbocycles. The summed E-state index contributed by atoms with van der Waals surface area (Å²) in [7, 11) is -1.57. The number of hydrogen-bond acceptors (Lipinski definition) is 4. The van der Waals surface area contributed by atoms with Gasteiger partial charge in [0.1, 0.15) is 0 Å². The van der Waals surface area contributed by atoms with Crippen LogP contribution in [0.1, 0.15) is 13.8 Å². The highest BCUT2D eigenvalue weighted by molar-refractivity contribution is 7.57. The Balaban J connectivity index is 4.18. The summed E-state index contributed by atoms with van der Waals surface area (Å²) >= 11 is 0. The lowest BCUT2D eigenvalue weighted by molar-refractivity contribution is 0.227. The zero-order valence-corrected chi connectivity index (χ0v) is 8.54. The van der Waals surface area contributed by atoms with Crippen molar-refractivity contribution in [2.75, 3.05) is 20.3 Å². The zero-order chi connectivity index (χ0) is 9.45. The summed E-state index contributed by atoms with van der Waals surface area (Å²) in [5, 5.41) is 0. The summed E-state index contributed by atoms with van der Waals surface area (Å²) in [6, 6.07) is 0. The first-order valence-corrected chi connectivity index (χ1v) is 5.39. The highest BCUT2D eigenvalue weighted by Gasteiger charge is 2.18. The van der Waals surface area contributed by atoms with Crippen molar-refractivity contribution in [1.29, 1.82) is 0 Å². The number of rotatable bonds is 6. The molecule has 0 atom stereocenters. The minimum atomic E-state index is -3.04. The zero-order valence-electron chi connectivity index (χ0n) is 7.65. The first-order valence-electron chi connectivity index (χ1n) is 3.77. The second kappa shape index (κ2) is 6.23. The highest BCUT2D eigenvalue weighted by Crippen LogP contribution is 2.49. The van der Waals surface area contributed by atoms with Crippen LogP contribution in [0.2, 0.25) is 0 Å². The van der Waals surface area contributed by atoms with E-state index in [0.29, 0.717) is 13.2 Å². The molecule has 0 N–H and O–H groups in total. The number of hydrogen-bond donors (Lipinski definition) is 0. The second-order valence-corrected chi connectivity index (χ2v) is 3.79. The molecule has 0 aromatic rings. The molecule has 0 bridgehead atoms. The minimum Gasteiger partial charge on any atom is -0.504 e. The van der Waals surface area contributed by atoms with Gasteiger partial charge in [-0.1, -0.05) is 0 Å². The molecule has 0 fully saturated rings. The first kappa shape index (κ1) is 11.7. The van der Waals surface area contributed by atoms with E-state index in [4.69, 9.17) is 9.05 Å². The predicted octanol–water partition coefficient (Wildman–Crippen LogP) is 2.37. The van der Waals surface area contributed by atoms with Crippen LogP contribution in [0.5, 0.6) is 0 Å². The minimum absolute atomic E-state index is 0.353. The molecule has 0 aromatic heterocycles. The van der Waals surface area contributed by atoms with Crippen molar-refractivity contribution < 1.29 is 18.3 Å². The Hall–Kier alpha value is -0.310. The fourth-order valence-corrected chi connectivity index (χ4v) is 1.86. The monoisotopic (exact) mass is 194 g/mol. The molecule has 0 aliphatic rings. The van der Waals surface area contributed by atoms with Gasteiger partial charge in [0.2, 0.25) is 0 Å². The fourth-order valence-electron chi connectivity index (χ4n) is 0.619. The molecule has 0 aromatic carbocycles. The molecular formula is C7H15O4P. The molecule has 0 aliphatic carbocycles. The Kier molecular flexibility index (Phi) is 6.07. The molecule has 0 saturated heterocycles. The highest BCUT2D eigenvalue weighted by atomic mass is 31.2. The van der Waals surface area contributed by atoms with Crippen molar-refractivity contribution in [2.24, 2.45) is 0 Å². The third kappa shape index (κ3) is 4.54. The molecule has 0 unspecified atom stereocenters. The molecule has 72 valence electrons. The van der Waals surface area contributed by atoms with E-state index in [2.05, 4.69) is 4.74 Å². The molecular weight excluding hydrogens is 179 g/mol. The normalized spacial score (nSPS) is 12.2. The molecule has 5 heteroatoms. The largest absolute Gasteiger partial charge is 0.504 e. The van der Waals surface area contributed by atoms with Crippen molar-refractivity contribution >= 4 is 7.60 Å². The van der Waals surface area contributed by atoms with Crippen molar-refractivity contribution in [3.05, 3.63) is 12.1 Å². The van der Waals surface area contributed by atoms with Crippen LogP contribution in [-0.2, 0) is 18.3 Å². The van der Waals surface area contributed by atoms with Crippen LogP contribution < -0.4 is 0 Å². The van der Waals surface area contributed by atoms with E-state index >= 15 is 0 Å². The van der Waals surface area contributed by atoms with Crippen LogP contribution >= 0.6 is 7.60 Å². The Morgan fingerprint density at radius 3 is 2.08 bits per heavy atom. The SMILES string of the molecule is CCOP(=O)(/C=C\OC)OCC. The topological polar surface area (TPSA) is 44.8 Å². The van der Waals surface area contributed by atoms with Crippen LogP contribution in [0.25, 0.3) is 0 Å².